The molecule has 2 rings (SSSR count). The van der Waals surface area contributed by atoms with Crippen LogP contribution in [0.2, 0.25) is 0 Å². The molecule has 6 nitrogen and oxygen atoms in total. The lowest BCUT2D eigenvalue weighted by atomic mass is 10.1. The average Bonchev–Trinajstić information content (AvgIpc) is 2.65. The summed E-state index contributed by atoms with van der Waals surface area (Å²) in [6.45, 7) is 0. The van der Waals surface area contributed by atoms with Crippen molar-refractivity contribution in [2.45, 2.75) is 19.0 Å². The van der Waals surface area contributed by atoms with Crippen molar-refractivity contribution in [1.82, 2.24) is 0 Å². The summed E-state index contributed by atoms with van der Waals surface area (Å²) in [5.41, 5.74) is 0.611. The number of alkyl halides is 3. The van der Waals surface area contributed by atoms with E-state index in [-0.39, 0.29) is 34.7 Å². The first-order chi connectivity index (χ1) is 13.1. The van der Waals surface area contributed by atoms with Gasteiger partial charge in [0.15, 0.2) is 11.5 Å². The Balaban J connectivity index is 2.22. The third-order valence-electron chi connectivity index (χ3n) is 3.89. The number of carbonyl (C=O) groups is 2. The van der Waals surface area contributed by atoms with Crippen LogP contribution in [-0.2, 0) is 6.42 Å². The van der Waals surface area contributed by atoms with Crippen LogP contribution in [0.5, 0.6) is 11.5 Å². The number of benzene rings is 2. The number of carbonyl (C=O) groups excluding carboxylic acids is 1. The number of methoxy groups -OCH3 is 2. The summed E-state index contributed by atoms with van der Waals surface area (Å²) < 4.78 is 47.1. The second kappa shape index (κ2) is 8.64. The van der Waals surface area contributed by atoms with Gasteiger partial charge in [0, 0.05) is 12.0 Å². The molecule has 1 amide bonds. The first-order valence-electron chi connectivity index (χ1n) is 8.11. The summed E-state index contributed by atoms with van der Waals surface area (Å²) in [4.78, 5) is 23.7. The van der Waals surface area contributed by atoms with Crippen LogP contribution in [0.25, 0.3) is 0 Å². The van der Waals surface area contributed by atoms with Gasteiger partial charge in [-0.25, -0.2) is 4.79 Å². The highest BCUT2D eigenvalue weighted by Gasteiger charge is 2.26. The molecule has 0 aliphatic rings. The molecule has 150 valence electrons. The SMILES string of the molecule is COc1cc(C(=O)O)cc(NC(=O)c2ccc(CCC(F)(F)F)cc2)c1OC. The smallest absolute Gasteiger partial charge is 0.389 e. The highest BCUT2D eigenvalue weighted by atomic mass is 19.4. The Labute approximate surface area is 158 Å². The molecule has 0 aliphatic heterocycles. The maximum Gasteiger partial charge on any atom is 0.389 e. The summed E-state index contributed by atoms with van der Waals surface area (Å²) in [5.74, 6) is -1.53. The first-order valence-corrected chi connectivity index (χ1v) is 8.11. The summed E-state index contributed by atoms with van der Waals surface area (Å²) in [5, 5.41) is 11.7. The number of carboxylic acids is 1. The van der Waals surface area contributed by atoms with Gasteiger partial charge in [-0.15, -0.1) is 0 Å². The fourth-order valence-electron chi connectivity index (χ4n) is 2.48. The van der Waals surface area contributed by atoms with Gasteiger partial charge in [0.2, 0.25) is 0 Å². The Morgan fingerprint density at radius 1 is 1.04 bits per heavy atom. The van der Waals surface area contributed by atoms with Crippen molar-refractivity contribution in [3.63, 3.8) is 0 Å². The third kappa shape index (κ3) is 5.38. The van der Waals surface area contributed by atoms with E-state index in [0.717, 1.165) is 0 Å². The second-order valence-corrected chi connectivity index (χ2v) is 5.83. The number of halogens is 3. The molecule has 0 bridgehead atoms. The van der Waals surface area contributed by atoms with Gasteiger partial charge >= 0.3 is 12.1 Å². The lowest BCUT2D eigenvalue weighted by Gasteiger charge is -2.15. The van der Waals surface area contributed by atoms with Crippen molar-refractivity contribution in [2.24, 2.45) is 0 Å². The number of nitrogens with one attached hydrogen (secondary N) is 1. The van der Waals surface area contributed by atoms with Crippen LogP contribution in [0, 0.1) is 0 Å². The third-order valence-corrected chi connectivity index (χ3v) is 3.89. The van der Waals surface area contributed by atoms with E-state index in [1.165, 1.54) is 50.6 Å². The van der Waals surface area contributed by atoms with Crippen LogP contribution in [0.1, 0.15) is 32.7 Å². The number of ether oxygens (including phenoxy) is 2. The van der Waals surface area contributed by atoms with E-state index in [1.54, 1.807) is 0 Å². The quantitative estimate of drug-likeness (QED) is 0.733. The number of hydrogen-bond acceptors (Lipinski definition) is 4. The van der Waals surface area contributed by atoms with Gasteiger partial charge in [0.05, 0.1) is 25.5 Å². The highest BCUT2D eigenvalue weighted by molar-refractivity contribution is 6.06. The minimum Gasteiger partial charge on any atom is -0.493 e. The van der Waals surface area contributed by atoms with Gasteiger partial charge in [-0.3, -0.25) is 4.79 Å². The van der Waals surface area contributed by atoms with Gasteiger partial charge in [0.1, 0.15) is 0 Å². The largest absolute Gasteiger partial charge is 0.493 e. The van der Waals surface area contributed by atoms with Crippen molar-refractivity contribution < 1.29 is 37.3 Å². The predicted molar refractivity (Wildman–Crippen MR) is 95.3 cm³/mol. The molecule has 0 heterocycles. The van der Waals surface area contributed by atoms with Crippen LogP contribution in [-0.4, -0.2) is 37.4 Å². The van der Waals surface area contributed by atoms with Crippen molar-refractivity contribution in [3.8, 4) is 11.5 Å². The van der Waals surface area contributed by atoms with Crippen LogP contribution in [0.4, 0.5) is 18.9 Å². The molecular formula is C19H18F3NO5. The first kappa shape index (κ1) is 21.1. The van der Waals surface area contributed by atoms with E-state index in [4.69, 9.17) is 9.47 Å². The van der Waals surface area contributed by atoms with E-state index in [9.17, 15) is 27.9 Å². The molecule has 28 heavy (non-hydrogen) atoms. The van der Waals surface area contributed by atoms with Crippen molar-refractivity contribution >= 4 is 17.6 Å². The molecule has 0 saturated carbocycles. The van der Waals surface area contributed by atoms with E-state index in [2.05, 4.69) is 5.32 Å². The Morgan fingerprint density at radius 2 is 1.68 bits per heavy atom. The maximum absolute atomic E-state index is 12.5. The predicted octanol–water partition coefficient (Wildman–Crippen LogP) is 4.15. The highest BCUT2D eigenvalue weighted by Crippen LogP contribution is 2.37. The molecule has 0 aromatic heterocycles. The Hall–Kier alpha value is -3.23. The normalized spacial score (nSPS) is 11.0. The van der Waals surface area contributed by atoms with Gasteiger partial charge in [-0.1, -0.05) is 12.1 Å². The minimum absolute atomic E-state index is 0.0883. The second-order valence-electron chi connectivity index (χ2n) is 5.83. The number of carboxylic acid groups (broad SMARTS) is 1. The van der Waals surface area contributed by atoms with E-state index in [1.807, 2.05) is 0 Å². The van der Waals surface area contributed by atoms with Crippen LogP contribution >= 0.6 is 0 Å². The standard InChI is InChI=1S/C19H18F3NO5/c1-27-15-10-13(18(25)26)9-14(16(15)28-2)23-17(24)12-5-3-11(4-6-12)7-8-19(20,21)22/h3-6,9-10H,7-8H2,1-2H3,(H,23,24)(H,25,26). The monoisotopic (exact) mass is 397 g/mol. The Bertz CT molecular complexity index is 863. The molecule has 0 radical (unpaired) electrons. The number of anilines is 1. The van der Waals surface area contributed by atoms with Crippen LogP contribution < -0.4 is 14.8 Å². The lowest BCUT2D eigenvalue weighted by Crippen LogP contribution is -2.14. The summed E-state index contributed by atoms with van der Waals surface area (Å²) >= 11 is 0. The zero-order valence-electron chi connectivity index (χ0n) is 15.1. The topological polar surface area (TPSA) is 84.9 Å². The fraction of sp³-hybridized carbons (Fsp3) is 0.263. The van der Waals surface area contributed by atoms with Gasteiger partial charge < -0.3 is 19.9 Å². The van der Waals surface area contributed by atoms with Crippen LogP contribution in [0.3, 0.4) is 0 Å². The Morgan fingerprint density at radius 3 is 2.18 bits per heavy atom. The lowest BCUT2D eigenvalue weighted by molar-refractivity contribution is -0.134. The molecule has 0 atom stereocenters. The molecule has 2 N–H and O–H groups in total. The number of aryl methyl sites for hydroxylation is 1. The molecule has 2 aromatic rings. The van der Waals surface area contributed by atoms with Crippen molar-refractivity contribution in [1.29, 1.82) is 0 Å². The minimum atomic E-state index is -4.25. The molecule has 2 aromatic carbocycles. The number of rotatable bonds is 7. The average molecular weight is 397 g/mol. The Kier molecular flexibility index (Phi) is 6.50. The summed E-state index contributed by atoms with van der Waals surface area (Å²) in [7, 11) is 2.66. The number of hydrogen-bond donors (Lipinski definition) is 2. The van der Waals surface area contributed by atoms with Gasteiger partial charge in [0.25, 0.3) is 5.91 Å². The summed E-state index contributed by atoms with van der Waals surface area (Å²) in [6.07, 6.45) is -5.38. The van der Waals surface area contributed by atoms with Crippen LogP contribution in [0.15, 0.2) is 36.4 Å². The molecular weight excluding hydrogens is 379 g/mol. The molecule has 0 fully saturated rings. The molecule has 0 spiro atoms. The molecule has 0 saturated heterocycles. The number of amides is 1. The maximum atomic E-state index is 12.5. The van der Waals surface area contributed by atoms with Gasteiger partial charge in [-0.2, -0.15) is 13.2 Å². The van der Waals surface area contributed by atoms with Crippen molar-refractivity contribution in [3.05, 3.63) is 53.1 Å². The van der Waals surface area contributed by atoms with Gasteiger partial charge in [-0.05, 0) is 36.2 Å². The van der Waals surface area contributed by atoms with E-state index in [0.29, 0.717) is 5.56 Å². The number of aromatic carboxylic acids is 1. The fourth-order valence-corrected chi connectivity index (χ4v) is 2.48. The van der Waals surface area contributed by atoms with E-state index < -0.39 is 24.5 Å². The van der Waals surface area contributed by atoms with E-state index >= 15 is 0 Å². The zero-order valence-corrected chi connectivity index (χ0v) is 15.1. The molecule has 0 aliphatic carbocycles. The molecule has 9 heteroatoms. The molecule has 0 unspecified atom stereocenters. The zero-order chi connectivity index (χ0) is 20.9. The van der Waals surface area contributed by atoms with Crippen molar-refractivity contribution in [2.75, 3.05) is 19.5 Å². The summed E-state index contributed by atoms with van der Waals surface area (Å²) in [6, 6.07) is 8.14.